The Morgan fingerprint density at radius 3 is 2.46 bits per heavy atom. The predicted molar refractivity (Wildman–Crippen MR) is 119 cm³/mol. The van der Waals surface area contributed by atoms with Crippen LogP contribution in [0.15, 0.2) is 29.3 Å². The summed E-state index contributed by atoms with van der Waals surface area (Å²) in [5, 5.41) is 6.68. The van der Waals surface area contributed by atoms with E-state index in [1.54, 1.807) is 13.1 Å². The molecule has 0 spiro atoms. The maximum atomic E-state index is 13.9. The molecule has 0 aromatic heterocycles. The number of hydrogen-bond acceptors (Lipinski definition) is 3. The molecule has 148 valence electrons. The first-order valence-corrected chi connectivity index (χ1v) is 9.26. The second kappa shape index (κ2) is 12.3. The summed E-state index contributed by atoms with van der Waals surface area (Å²) in [6.07, 6.45) is 1.07. The van der Waals surface area contributed by atoms with Gasteiger partial charge in [-0.05, 0) is 31.0 Å². The van der Waals surface area contributed by atoms with Crippen LogP contribution in [0.3, 0.4) is 0 Å². The molecule has 5 nitrogen and oxygen atoms in total. The number of piperazine rings is 1. The lowest BCUT2D eigenvalue weighted by Crippen LogP contribution is -2.47. The molecule has 0 aliphatic carbocycles. The van der Waals surface area contributed by atoms with E-state index >= 15 is 0 Å². The average molecular weight is 477 g/mol. The number of nitrogens with zero attached hydrogens (tertiary/aromatic N) is 3. The molecule has 1 aromatic rings. The highest BCUT2D eigenvalue weighted by molar-refractivity contribution is 14.0. The number of nitrogens with one attached hydrogen (secondary N) is 2. The Balaban J connectivity index is 0.00000338. The van der Waals surface area contributed by atoms with Crippen molar-refractivity contribution in [2.24, 2.45) is 10.9 Å². The van der Waals surface area contributed by atoms with Crippen molar-refractivity contribution in [2.45, 2.75) is 20.3 Å². The maximum absolute atomic E-state index is 13.9. The van der Waals surface area contributed by atoms with Crippen LogP contribution in [0.4, 0.5) is 10.1 Å². The first-order valence-electron chi connectivity index (χ1n) is 9.26. The third-order valence-electron chi connectivity index (χ3n) is 4.41. The fourth-order valence-electron chi connectivity index (χ4n) is 2.95. The Hall–Kier alpha value is -1.09. The van der Waals surface area contributed by atoms with Gasteiger partial charge in [-0.3, -0.25) is 9.89 Å². The van der Waals surface area contributed by atoms with Crippen molar-refractivity contribution < 1.29 is 4.39 Å². The molecule has 2 N–H and O–H groups in total. The van der Waals surface area contributed by atoms with Gasteiger partial charge < -0.3 is 15.5 Å². The minimum atomic E-state index is -0.125. The van der Waals surface area contributed by atoms with E-state index in [0.717, 1.165) is 63.9 Å². The monoisotopic (exact) mass is 477 g/mol. The Morgan fingerprint density at radius 2 is 1.85 bits per heavy atom. The summed E-state index contributed by atoms with van der Waals surface area (Å²) in [4.78, 5) is 8.82. The Kier molecular flexibility index (Phi) is 10.9. The number of halogens is 2. The summed E-state index contributed by atoms with van der Waals surface area (Å²) in [5.41, 5.74) is 0.726. The van der Waals surface area contributed by atoms with Crippen LogP contribution in [-0.2, 0) is 0 Å². The van der Waals surface area contributed by atoms with E-state index in [1.807, 2.05) is 12.1 Å². The molecule has 0 saturated carbocycles. The molecule has 0 radical (unpaired) electrons. The highest BCUT2D eigenvalue weighted by Crippen LogP contribution is 2.20. The van der Waals surface area contributed by atoms with Crippen LogP contribution < -0.4 is 15.5 Å². The zero-order valence-electron chi connectivity index (χ0n) is 16.2. The highest BCUT2D eigenvalue weighted by Gasteiger charge is 2.18. The van der Waals surface area contributed by atoms with Gasteiger partial charge in [-0.1, -0.05) is 26.0 Å². The van der Waals surface area contributed by atoms with Crippen molar-refractivity contribution >= 4 is 35.6 Å². The fraction of sp³-hybridized carbons (Fsp3) is 0.632. The Labute approximate surface area is 174 Å². The summed E-state index contributed by atoms with van der Waals surface area (Å²) >= 11 is 0. The van der Waals surface area contributed by atoms with Crippen molar-refractivity contribution in [3.05, 3.63) is 30.1 Å². The zero-order chi connectivity index (χ0) is 18.1. The van der Waals surface area contributed by atoms with Crippen LogP contribution in [-0.4, -0.2) is 63.7 Å². The van der Waals surface area contributed by atoms with E-state index in [0.29, 0.717) is 5.92 Å². The molecular weight excluding hydrogens is 444 g/mol. The molecule has 7 heteroatoms. The number of para-hydroxylation sites is 1. The first-order chi connectivity index (χ1) is 12.1. The van der Waals surface area contributed by atoms with E-state index in [4.69, 9.17) is 0 Å². The highest BCUT2D eigenvalue weighted by atomic mass is 127. The molecule has 1 aromatic carbocycles. The molecule has 0 unspecified atom stereocenters. The van der Waals surface area contributed by atoms with Crippen molar-refractivity contribution in [3.8, 4) is 0 Å². The summed E-state index contributed by atoms with van der Waals surface area (Å²) in [7, 11) is 1.80. The van der Waals surface area contributed by atoms with E-state index in [9.17, 15) is 4.39 Å². The van der Waals surface area contributed by atoms with E-state index in [1.165, 1.54) is 6.07 Å². The summed E-state index contributed by atoms with van der Waals surface area (Å²) in [6, 6.07) is 7.04. The number of rotatable bonds is 7. The third kappa shape index (κ3) is 7.65. The van der Waals surface area contributed by atoms with Gasteiger partial charge >= 0.3 is 0 Å². The summed E-state index contributed by atoms with van der Waals surface area (Å²) in [5.74, 6) is 1.35. The van der Waals surface area contributed by atoms with Gasteiger partial charge in [0.25, 0.3) is 0 Å². The van der Waals surface area contributed by atoms with E-state index in [2.05, 4.69) is 39.3 Å². The summed E-state index contributed by atoms with van der Waals surface area (Å²) < 4.78 is 13.9. The molecule has 1 saturated heterocycles. The van der Waals surface area contributed by atoms with Crippen molar-refractivity contribution in [1.82, 2.24) is 15.5 Å². The van der Waals surface area contributed by atoms with Gasteiger partial charge in [-0.2, -0.15) is 0 Å². The number of hydrogen-bond donors (Lipinski definition) is 2. The molecule has 2 rings (SSSR count). The van der Waals surface area contributed by atoms with Gasteiger partial charge in [0, 0.05) is 46.3 Å². The van der Waals surface area contributed by atoms with E-state index in [-0.39, 0.29) is 29.8 Å². The second-order valence-corrected chi connectivity index (χ2v) is 6.91. The van der Waals surface area contributed by atoms with Gasteiger partial charge in [-0.25, -0.2) is 4.39 Å². The summed E-state index contributed by atoms with van der Waals surface area (Å²) in [6.45, 7) is 11.0. The first kappa shape index (κ1) is 23.0. The largest absolute Gasteiger partial charge is 0.367 e. The third-order valence-corrected chi connectivity index (χ3v) is 4.41. The quantitative estimate of drug-likeness (QED) is 0.275. The smallest absolute Gasteiger partial charge is 0.190 e. The number of benzene rings is 1. The van der Waals surface area contributed by atoms with Gasteiger partial charge in [0.2, 0.25) is 0 Å². The van der Waals surface area contributed by atoms with Crippen LogP contribution in [0, 0.1) is 11.7 Å². The van der Waals surface area contributed by atoms with Crippen LogP contribution in [0.2, 0.25) is 0 Å². The molecule has 1 aliphatic rings. The number of anilines is 1. The van der Waals surface area contributed by atoms with Gasteiger partial charge in [0.15, 0.2) is 5.96 Å². The number of guanidine groups is 1. The molecule has 26 heavy (non-hydrogen) atoms. The van der Waals surface area contributed by atoms with Crippen molar-refractivity contribution in [1.29, 1.82) is 0 Å². The molecule has 0 atom stereocenters. The molecule has 1 aliphatic heterocycles. The van der Waals surface area contributed by atoms with Crippen LogP contribution in [0.1, 0.15) is 20.3 Å². The molecule has 1 heterocycles. The molecular formula is C19H33FIN5. The van der Waals surface area contributed by atoms with Crippen LogP contribution in [0.5, 0.6) is 0 Å². The predicted octanol–water partition coefficient (Wildman–Crippen LogP) is 2.78. The lowest BCUT2D eigenvalue weighted by molar-refractivity contribution is 0.254. The topological polar surface area (TPSA) is 42.9 Å². The zero-order valence-corrected chi connectivity index (χ0v) is 18.5. The molecule has 1 fully saturated rings. The van der Waals surface area contributed by atoms with Gasteiger partial charge in [0.05, 0.1) is 5.69 Å². The Morgan fingerprint density at radius 1 is 1.15 bits per heavy atom. The van der Waals surface area contributed by atoms with Gasteiger partial charge in [-0.15, -0.1) is 24.0 Å². The minimum absolute atomic E-state index is 0. The second-order valence-electron chi connectivity index (χ2n) is 6.91. The van der Waals surface area contributed by atoms with Gasteiger partial charge in [0.1, 0.15) is 5.82 Å². The fourth-order valence-corrected chi connectivity index (χ4v) is 2.95. The lowest BCUT2D eigenvalue weighted by atomic mass is 10.2. The average Bonchev–Trinajstić information content (AvgIpc) is 2.62. The minimum Gasteiger partial charge on any atom is -0.367 e. The normalized spacial score (nSPS) is 15.7. The van der Waals surface area contributed by atoms with Crippen LogP contribution in [0.25, 0.3) is 0 Å². The van der Waals surface area contributed by atoms with Crippen LogP contribution >= 0.6 is 24.0 Å². The maximum Gasteiger partial charge on any atom is 0.190 e. The molecule has 0 amide bonds. The Bertz CT molecular complexity index is 544. The van der Waals surface area contributed by atoms with Crippen molar-refractivity contribution in [3.63, 3.8) is 0 Å². The lowest BCUT2D eigenvalue weighted by Gasteiger charge is -2.36. The standard InChI is InChI=1S/C19H32FN5.HI/c1-16(2)15-23-19(21-3)22-9-6-10-24-11-13-25(14-12-24)18-8-5-4-7-17(18)20;/h4-5,7-8,16H,6,9-15H2,1-3H3,(H2,21,22,23);1H. The molecule has 0 bridgehead atoms. The SMILES string of the molecule is CN=C(NCCCN1CCN(c2ccccc2F)CC1)NCC(C)C.I. The van der Waals surface area contributed by atoms with Crippen molar-refractivity contribution in [2.75, 3.05) is 57.8 Å². The number of aliphatic imine (C=N–C) groups is 1. The van der Waals surface area contributed by atoms with E-state index < -0.39 is 0 Å².